The second-order valence-corrected chi connectivity index (χ2v) is 16.5. The van der Waals surface area contributed by atoms with Crippen molar-refractivity contribution in [2.45, 2.75) is 135 Å². The highest BCUT2D eigenvalue weighted by Gasteiger charge is 2.36. The van der Waals surface area contributed by atoms with Crippen molar-refractivity contribution in [3.8, 4) is 0 Å². The van der Waals surface area contributed by atoms with Crippen LogP contribution in [0.4, 0.5) is 11.4 Å². The summed E-state index contributed by atoms with van der Waals surface area (Å²) in [5.41, 5.74) is 17.2. The average Bonchev–Trinajstić information content (AvgIpc) is 3.12. The quantitative estimate of drug-likeness (QED) is 0.195. The maximum absolute atomic E-state index is 3.79. The van der Waals surface area contributed by atoms with Crippen LogP contribution in [-0.2, 0) is 5.41 Å². The molecule has 0 N–H and O–H groups in total. The number of halogens is 2. The molecular formula is C44H53Br2N. The van der Waals surface area contributed by atoms with E-state index in [4.69, 9.17) is 0 Å². The first-order valence-corrected chi connectivity index (χ1v) is 20.3. The van der Waals surface area contributed by atoms with Gasteiger partial charge in [-0.1, -0.05) is 140 Å². The standard InChI is InChI=1S/C44H53Br2N/c1-3-5-27-43(29-9-7-10-30-43)35-15-13-34(14-16-35)41-26-17-36(44(28-6-4-2)31-11-8-12-32-44)33-42(41)47(39-22-18-37(45)19-23-39)40-24-20-38(46)21-25-40/h13,15,17-20,22-24,26,33H,3-12,21,25,27-32H2,1-2H3. The van der Waals surface area contributed by atoms with Crippen LogP contribution >= 0.6 is 31.9 Å². The molecule has 0 heterocycles. The van der Waals surface area contributed by atoms with Crippen LogP contribution in [0.25, 0.3) is 5.57 Å². The van der Waals surface area contributed by atoms with E-state index in [-0.39, 0.29) is 10.8 Å². The van der Waals surface area contributed by atoms with Gasteiger partial charge in [0.25, 0.3) is 0 Å². The molecule has 2 saturated carbocycles. The molecule has 0 bridgehead atoms. The number of hydrogen-bond donors (Lipinski definition) is 0. The molecule has 6 rings (SSSR count). The van der Waals surface area contributed by atoms with Crippen molar-refractivity contribution in [3.63, 3.8) is 0 Å². The van der Waals surface area contributed by atoms with Gasteiger partial charge in [-0.25, -0.2) is 0 Å². The SMILES string of the molecule is CCCCC1(C2=C=C=C(c3ccc(C4(CCCC)CCCCC4)cc3N(C3=CC=C(Br)CC3)c3ccc(Br)cc3)C=C2)CCCCC1. The first-order valence-electron chi connectivity index (χ1n) is 18.7. The van der Waals surface area contributed by atoms with E-state index in [1.54, 1.807) is 0 Å². The second-order valence-electron chi connectivity index (χ2n) is 14.6. The van der Waals surface area contributed by atoms with Crippen LogP contribution in [0.2, 0.25) is 0 Å². The summed E-state index contributed by atoms with van der Waals surface area (Å²) in [7, 11) is 0. The summed E-state index contributed by atoms with van der Waals surface area (Å²) in [4.78, 5) is 2.54. The monoisotopic (exact) mass is 753 g/mol. The molecule has 2 aromatic rings. The van der Waals surface area contributed by atoms with Gasteiger partial charge in [0.1, 0.15) is 0 Å². The Kier molecular flexibility index (Phi) is 11.7. The van der Waals surface area contributed by atoms with E-state index in [2.05, 4.69) is 129 Å². The van der Waals surface area contributed by atoms with Crippen molar-refractivity contribution >= 4 is 48.8 Å². The molecule has 0 aromatic heterocycles. The molecule has 2 aromatic carbocycles. The molecule has 4 aliphatic carbocycles. The van der Waals surface area contributed by atoms with Crippen LogP contribution in [-0.4, -0.2) is 0 Å². The summed E-state index contributed by atoms with van der Waals surface area (Å²) in [6.45, 7) is 4.67. The first-order chi connectivity index (χ1) is 23.0. The topological polar surface area (TPSA) is 3.24 Å². The molecule has 4 aliphatic rings. The molecule has 0 radical (unpaired) electrons. The minimum atomic E-state index is 0.267. The fourth-order valence-electron chi connectivity index (χ4n) is 8.79. The van der Waals surface area contributed by atoms with Gasteiger partial charge in [-0.15, -0.1) is 0 Å². The zero-order chi connectivity index (χ0) is 32.7. The fraction of sp³-hybridized carbons (Fsp3) is 0.500. The van der Waals surface area contributed by atoms with E-state index in [1.165, 1.54) is 141 Å². The Morgan fingerprint density at radius 3 is 1.96 bits per heavy atom. The molecule has 0 unspecified atom stereocenters. The fourth-order valence-corrected chi connectivity index (χ4v) is 9.38. The Labute approximate surface area is 302 Å². The number of benzene rings is 2. The number of rotatable bonds is 12. The van der Waals surface area contributed by atoms with Crippen molar-refractivity contribution < 1.29 is 0 Å². The Morgan fingerprint density at radius 1 is 0.702 bits per heavy atom. The van der Waals surface area contributed by atoms with E-state index in [0.717, 1.165) is 22.9 Å². The number of unbranched alkanes of at least 4 members (excludes halogenated alkanes) is 2. The Hall–Kier alpha value is -2.28. The van der Waals surface area contributed by atoms with Crippen LogP contribution in [0.1, 0.15) is 141 Å². The predicted molar refractivity (Wildman–Crippen MR) is 209 cm³/mol. The summed E-state index contributed by atoms with van der Waals surface area (Å²) in [6, 6.07) is 16.4. The molecular weight excluding hydrogens is 702 g/mol. The average molecular weight is 756 g/mol. The molecule has 2 fully saturated rings. The van der Waals surface area contributed by atoms with Crippen molar-refractivity contribution in [1.29, 1.82) is 0 Å². The van der Waals surface area contributed by atoms with E-state index in [0.29, 0.717) is 0 Å². The lowest BCUT2D eigenvalue weighted by Crippen LogP contribution is -2.30. The summed E-state index contributed by atoms with van der Waals surface area (Å²) < 4.78 is 2.37. The second kappa shape index (κ2) is 16.0. The highest BCUT2D eigenvalue weighted by Crippen LogP contribution is 2.49. The van der Waals surface area contributed by atoms with Gasteiger partial charge in [-0.3, -0.25) is 0 Å². The van der Waals surface area contributed by atoms with E-state index >= 15 is 0 Å². The number of allylic oxidation sites excluding steroid dienone is 8. The largest absolute Gasteiger partial charge is 0.314 e. The van der Waals surface area contributed by atoms with Gasteiger partial charge in [0.15, 0.2) is 0 Å². The molecule has 3 heteroatoms. The maximum atomic E-state index is 3.79. The molecule has 248 valence electrons. The minimum Gasteiger partial charge on any atom is -0.314 e. The van der Waals surface area contributed by atoms with Gasteiger partial charge in [-0.2, -0.15) is 0 Å². The summed E-state index contributed by atoms with van der Waals surface area (Å²) in [6.07, 6.45) is 32.3. The number of anilines is 2. The predicted octanol–water partition coefficient (Wildman–Crippen LogP) is 14.7. The van der Waals surface area contributed by atoms with E-state index < -0.39 is 0 Å². The van der Waals surface area contributed by atoms with Crippen LogP contribution in [0.15, 0.2) is 98.5 Å². The van der Waals surface area contributed by atoms with Crippen LogP contribution in [0.3, 0.4) is 0 Å². The summed E-state index contributed by atoms with van der Waals surface area (Å²) >= 11 is 7.48. The third-order valence-electron chi connectivity index (χ3n) is 11.5. The highest BCUT2D eigenvalue weighted by molar-refractivity contribution is 9.11. The zero-order valence-corrected chi connectivity index (χ0v) is 32.0. The minimum absolute atomic E-state index is 0.267. The molecule has 0 spiro atoms. The maximum Gasteiger partial charge on any atom is 0.0546 e. The first kappa shape index (κ1) is 34.6. The number of nitrogens with zero attached hydrogens (tertiary/aromatic N) is 1. The highest BCUT2D eigenvalue weighted by atomic mass is 79.9. The van der Waals surface area contributed by atoms with E-state index in [1.807, 2.05) is 0 Å². The molecule has 0 amide bonds. The lowest BCUT2D eigenvalue weighted by Gasteiger charge is -2.40. The van der Waals surface area contributed by atoms with Gasteiger partial charge in [0, 0.05) is 38.0 Å². The van der Waals surface area contributed by atoms with Crippen molar-refractivity contribution in [1.82, 2.24) is 0 Å². The molecule has 0 atom stereocenters. The van der Waals surface area contributed by atoms with Gasteiger partial charge >= 0.3 is 0 Å². The third-order valence-corrected chi connectivity index (χ3v) is 12.7. The van der Waals surface area contributed by atoms with Gasteiger partial charge in [0.2, 0.25) is 0 Å². The van der Waals surface area contributed by atoms with Crippen LogP contribution < -0.4 is 4.90 Å². The van der Waals surface area contributed by atoms with Gasteiger partial charge in [-0.05, 0) is 115 Å². The normalized spacial score (nSPS) is 20.3. The Balaban J connectivity index is 1.54. The Bertz CT molecular complexity index is 1590. The smallest absolute Gasteiger partial charge is 0.0546 e. The van der Waals surface area contributed by atoms with Gasteiger partial charge < -0.3 is 4.90 Å². The van der Waals surface area contributed by atoms with Crippen LogP contribution in [0.5, 0.6) is 0 Å². The summed E-state index contributed by atoms with van der Waals surface area (Å²) in [5, 5.41) is 0. The molecule has 0 aliphatic heterocycles. The lowest BCUT2D eigenvalue weighted by molar-refractivity contribution is 0.221. The molecule has 1 nitrogen and oxygen atoms in total. The van der Waals surface area contributed by atoms with Gasteiger partial charge in [0.05, 0.1) is 5.69 Å². The Morgan fingerprint density at radius 2 is 1.36 bits per heavy atom. The van der Waals surface area contributed by atoms with E-state index in [9.17, 15) is 0 Å². The third kappa shape index (κ3) is 7.81. The molecule has 0 saturated heterocycles. The zero-order valence-electron chi connectivity index (χ0n) is 28.8. The van der Waals surface area contributed by atoms with Crippen molar-refractivity contribution in [2.75, 3.05) is 4.90 Å². The van der Waals surface area contributed by atoms with Crippen molar-refractivity contribution in [2.24, 2.45) is 5.41 Å². The summed E-state index contributed by atoms with van der Waals surface area (Å²) in [5.74, 6) is 0. The lowest BCUT2D eigenvalue weighted by atomic mass is 9.66. The number of hydrogen-bond acceptors (Lipinski definition) is 1. The molecule has 47 heavy (non-hydrogen) atoms. The van der Waals surface area contributed by atoms with Crippen molar-refractivity contribution in [3.05, 3.63) is 110 Å². The van der Waals surface area contributed by atoms with Crippen LogP contribution in [0, 0.1) is 5.41 Å².